The summed E-state index contributed by atoms with van der Waals surface area (Å²) in [6, 6.07) is 1.12. The molecule has 2 aromatic heterocycles. The van der Waals surface area contributed by atoms with Gasteiger partial charge in [-0.25, -0.2) is 9.78 Å². The van der Waals surface area contributed by atoms with Crippen LogP contribution in [0.2, 0.25) is 0 Å². The monoisotopic (exact) mass is 333 g/mol. The van der Waals surface area contributed by atoms with Crippen LogP contribution in [0.5, 0.6) is 0 Å². The topological polar surface area (TPSA) is 98.1 Å². The van der Waals surface area contributed by atoms with Crippen molar-refractivity contribution in [3.63, 3.8) is 0 Å². The molecular formula is C16H23N5O3. The van der Waals surface area contributed by atoms with E-state index in [-0.39, 0.29) is 18.4 Å². The highest BCUT2D eigenvalue weighted by Crippen LogP contribution is 2.19. The second-order valence-electron chi connectivity index (χ2n) is 5.88. The summed E-state index contributed by atoms with van der Waals surface area (Å²) >= 11 is 0. The number of ether oxygens (including phenoxy) is 1. The number of amides is 2. The predicted octanol–water partition coefficient (Wildman–Crippen LogP) is 1.99. The molecule has 0 aliphatic carbocycles. The van der Waals surface area contributed by atoms with Crippen molar-refractivity contribution in [1.82, 2.24) is 20.1 Å². The SMILES string of the molecule is CCOC(=O)N[C@@H](C(=O)Nc1cnc2c(c1)c(C)nn2C)C(C)C. The molecule has 0 saturated heterocycles. The Morgan fingerprint density at radius 1 is 1.38 bits per heavy atom. The summed E-state index contributed by atoms with van der Waals surface area (Å²) in [5, 5.41) is 10.5. The molecular weight excluding hydrogens is 310 g/mol. The fourth-order valence-electron chi connectivity index (χ4n) is 2.43. The van der Waals surface area contributed by atoms with Crippen LogP contribution in [0.1, 0.15) is 26.5 Å². The van der Waals surface area contributed by atoms with Crippen LogP contribution >= 0.6 is 0 Å². The number of hydrogen-bond donors (Lipinski definition) is 2. The average Bonchev–Trinajstić information content (AvgIpc) is 2.79. The first kappa shape index (κ1) is 17.7. The van der Waals surface area contributed by atoms with Crippen LogP contribution in [-0.4, -0.2) is 39.4 Å². The van der Waals surface area contributed by atoms with Crippen molar-refractivity contribution < 1.29 is 14.3 Å². The Kier molecular flexibility index (Phi) is 5.38. The molecule has 2 N–H and O–H groups in total. The number of anilines is 1. The van der Waals surface area contributed by atoms with Gasteiger partial charge in [-0.3, -0.25) is 9.48 Å². The number of aryl methyl sites for hydroxylation is 2. The molecule has 0 fully saturated rings. The van der Waals surface area contributed by atoms with Crippen molar-refractivity contribution in [3.8, 4) is 0 Å². The first-order valence-electron chi connectivity index (χ1n) is 7.87. The molecule has 2 amide bonds. The Hall–Kier alpha value is -2.64. The van der Waals surface area contributed by atoms with E-state index in [1.807, 2.05) is 33.9 Å². The van der Waals surface area contributed by atoms with Gasteiger partial charge in [0.1, 0.15) is 6.04 Å². The van der Waals surface area contributed by atoms with Gasteiger partial charge in [0.2, 0.25) is 5.91 Å². The van der Waals surface area contributed by atoms with E-state index in [4.69, 9.17) is 4.74 Å². The predicted molar refractivity (Wildman–Crippen MR) is 90.7 cm³/mol. The summed E-state index contributed by atoms with van der Waals surface area (Å²) in [7, 11) is 1.82. The second-order valence-corrected chi connectivity index (χ2v) is 5.88. The van der Waals surface area contributed by atoms with Gasteiger partial charge in [-0.2, -0.15) is 5.10 Å². The second kappa shape index (κ2) is 7.29. The fraction of sp³-hybridized carbons (Fsp3) is 0.500. The molecule has 2 rings (SSSR count). The minimum Gasteiger partial charge on any atom is -0.450 e. The molecule has 0 unspecified atom stereocenters. The largest absolute Gasteiger partial charge is 0.450 e. The van der Waals surface area contributed by atoms with Crippen molar-refractivity contribution in [2.75, 3.05) is 11.9 Å². The fourth-order valence-corrected chi connectivity index (χ4v) is 2.43. The van der Waals surface area contributed by atoms with E-state index in [1.165, 1.54) is 0 Å². The Morgan fingerprint density at radius 2 is 2.08 bits per heavy atom. The Labute approximate surface area is 140 Å². The van der Waals surface area contributed by atoms with E-state index in [0.29, 0.717) is 5.69 Å². The van der Waals surface area contributed by atoms with E-state index in [2.05, 4.69) is 20.7 Å². The van der Waals surface area contributed by atoms with Crippen molar-refractivity contribution in [1.29, 1.82) is 0 Å². The van der Waals surface area contributed by atoms with E-state index >= 15 is 0 Å². The normalized spacial score (nSPS) is 12.2. The number of fused-ring (bicyclic) bond motifs is 1. The summed E-state index contributed by atoms with van der Waals surface area (Å²) in [5.74, 6) is -0.410. The van der Waals surface area contributed by atoms with Gasteiger partial charge < -0.3 is 15.4 Å². The number of nitrogens with zero attached hydrogens (tertiary/aromatic N) is 3. The number of hydrogen-bond acceptors (Lipinski definition) is 5. The van der Waals surface area contributed by atoms with Gasteiger partial charge in [-0.05, 0) is 25.8 Å². The lowest BCUT2D eigenvalue weighted by molar-refractivity contribution is -0.119. The van der Waals surface area contributed by atoms with Gasteiger partial charge in [0.25, 0.3) is 0 Å². The first-order chi connectivity index (χ1) is 11.3. The van der Waals surface area contributed by atoms with Crippen molar-refractivity contribution in [2.45, 2.75) is 33.7 Å². The first-order valence-corrected chi connectivity index (χ1v) is 7.87. The number of aromatic nitrogens is 3. The minimum atomic E-state index is -0.699. The third-order valence-electron chi connectivity index (χ3n) is 3.63. The summed E-state index contributed by atoms with van der Waals surface area (Å²) in [6.45, 7) is 7.54. The van der Waals surface area contributed by atoms with Crippen molar-refractivity contribution in [3.05, 3.63) is 18.0 Å². The number of nitrogens with one attached hydrogen (secondary N) is 2. The number of carbonyl (C=O) groups excluding carboxylic acids is 2. The van der Waals surface area contributed by atoms with Crippen LogP contribution in [0, 0.1) is 12.8 Å². The molecule has 8 nitrogen and oxygen atoms in total. The highest BCUT2D eigenvalue weighted by Gasteiger charge is 2.25. The minimum absolute atomic E-state index is 0.0915. The summed E-state index contributed by atoms with van der Waals surface area (Å²) < 4.78 is 6.54. The van der Waals surface area contributed by atoms with E-state index in [1.54, 1.807) is 17.8 Å². The maximum Gasteiger partial charge on any atom is 0.407 e. The van der Waals surface area contributed by atoms with Crippen LogP contribution in [0.15, 0.2) is 12.3 Å². The highest BCUT2D eigenvalue weighted by molar-refractivity contribution is 5.98. The zero-order valence-corrected chi connectivity index (χ0v) is 14.6. The van der Waals surface area contributed by atoms with Crippen LogP contribution in [0.3, 0.4) is 0 Å². The van der Waals surface area contributed by atoms with Crippen LogP contribution in [0.25, 0.3) is 11.0 Å². The molecule has 2 aromatic rings. The highest BCUT2D eigenvalue weighted by atomic mass is 16.5. The van der Waals surface area contributed by atoms with Crippen molar-refractivity contribution in [2.24, 2.45) is 13.0 Å². The van der Waals surface area contributed by atoms with Gasteiger partial charge in [-0.1, -0.05) is 13.8 Å². The Balaban J connectivity index is 2.17. The number of carbonyl (C=O) groups is 2. The molecule has 0 bridgehead atoms. The maximum absolute atomic E-state index is 12.5. The van der Waals surface area contributed by atoms with Gasteiger partial charge in [0.05, 0.1) is 24.2 Å². The Bertz CT molecular complexity index is 753. The zero-order valence-electron chi connectivity index (χ0n) is 14.6. The third kappa shape index (κ3) is 3.81. The smallest absolute Gasteiger partial charge is 0.407 e. The molecule has 1 atom stereocenters. The molecule has 2 heterocycles. The zero-order chi connectivity index (χ0) is 17.9. The van der Waals surface area contributed by atoms with E-state index in [0.717, 1.165) is 16.7 Å². The molecule has 24 heavy (non-hydrogen) atoms. The molecule has 0 aromatic carbocycles. The van der Waals surface area contributed by atoms with Gasteiger partial charge in [0.15, 0.2) is 5.65 Å². The third-order valence-corrected chi connectivity index (χ3v) is 3.63. The molecule has 0 aliphatic rings. The molecule has 0 saturated carbocycles. The summed E-state index contributed by atoms with van der Waals surface area (Å²) in [4.78, 5) is 28.4. The quantitative estimate of drug-likeness (QED) is 0.872. The molecule has 130 valence electrons. The molecule has 0 aliphatic heterocycles. The Morgan fingerprint density at radius 3 is 2.71 bits per heavy atom. The summed E-state index contributed by atoms with van der Waals surface area (Å²) in [6.07, 6.45) is 0.964. The van der Waals surface area contributed by atoms with E-state index in [9.17, 15) is 9.59 Å². The van der Waals surface area contributed by atoms with Crippen LogP contribution in [0.4, 0.5) is 10.5 Å². The average molecular weight is 333 g/mol. The number of rotatable bonds is 5. The molecule has 0 spiro atoms. The van der Waals surface area contributed by atoms with Crippen LogP contribution < -0.4 is 10.6 Å². The molecule has 0 radical (unpaired) electrons. The van der Waals surface area contributed by atoms with Gasteiger partial charge >= 0.3 is 6.09 Å². The van der Waals surface area contributed by atoms with Gasteiger partial charge in [0, 0.05) is 12.4 Å². The summed E-state index contributed by atoms with van der Waals surface area (Å²) in [5.41, 5.74) is 2.14. The maximum atomic E-state index is 12.5. The number of alkyl carbamates (subject to hydrolysis) is 1. The number of pyridine rings is 1. The lowest BCUT2D eigenvalue weighted by Gasteiger charge is -2.21. The lowest BCUT2D eigenvalue weighted by Crippen LogP contribution is -2.47. The van der Waals surface area contributed by atoms with Crippen molar-refractivity contribution >= 4 is 28.7 Å². The van der Waals surface area contributed by atoms with Gasteiger partial charge in [-0.15, -0.1) is 0 Å². The van der Waals surface area contributed by atoms with Crippen LogP contribution in [-0.2, 0) is 16.6 Å². The van der Waals surface area contributed by atoms with E-state index < -0.39 is 12.1 Å². The standard InChI is InChI=1S/C16H23N5O3/c1-6-24-16(23)19-13(9(2)3)15(22)18-11-7-12-10(4)20-21(5)14(12)17-8-11/h7-9,13H,6H2,1-5H3,(H,18,22)(H,19,23)/t13-/m1/s1. The lowest BCUT2D eigenvalue weighted by atomic mass is 10.0. The molecule has 8 heteroatoms.